The number of rotatable bonds is 5. The molecule has 0 aliphatic rings. The summed E-state index contributed by atoms with van der Waals surface area (Å²) in [6.07, 6.45) is 1.85. The molecule has 26 heavy (non-hydrogen) atoms. The lowest BCUT2D eigenvalue weighted by molar-refractivity contribution is -0.116. The van der Waals surface area contributed by atoms with Crippen molar-refractivity contribution in [3.8, 4) is 0 Å². The maximum atomic E-state index is 12.1. The number of carbonyl (C=O) groups is 2. The minimum absolute atomic E-state index is 0.165. The number of amides is 3. The van der Waals surface area contributed by atoms with Crippen LogP contribution in [0, 0.1) is 6.92 Å². The van der Waals surface area contributed by atoms with Gasteiger partial charge in [-0.15, -0.1) is 0 Å². The summed E-state index contributed by atoms with van der Waals surface area (Å²) in [5, 5.41) is 10.2. The monoisotopic (exact) mass is 348 g/mol. The number of pyridine rings is 1. The van der Waals surface area contributed by atoms with E-state index < -0.39 is 0 Å². The summed E-state index contributed by atoms with van der Waals surface area (Å²) in [5.74, 6) is 0.299. The first-order chi connectivity index (χ1) is 12.6. The van der Waals surface area contributed by atoms with Crippen LogP contribution in [0.2, 0.25) is 0 Å². The third kappa shape index (κ3) is 4.57. The quantitative estimate of drug-likeness (QED) is 0.657. The molecule has 1 aromatic heterocycles. The van der Waals surface area contributed by atoms with Crippen LogP contribution in [0.3, 0.4) is 0 Å². The molecule has 0 aliphatic carbocycles. The predicted octanol–water partition coefficient (Wildman–Crippen LogP) is 3.69. The average Bonchev–Trinajstić information content (AvgIpc) is 2.64. The first-order valence-electron chi connectivity index (χ1n) is 8.37. The molecule has 0 radical (unpaired) electrons. The molecule has 3 rings (SSSR count). The Morgan fingerprint density at radius 1 is 0.962 bits per heavy atom. The fourth-order valence-electron chi connectivity index (χ4n) is 2.54. The molecule has 2 aromatic carbocycles. The number of urea groups is 1. The van der Waals surface area contributed by atoms with Gasteiger partial charge in [-0.3, -0.25) is 4.79 Å². The molecule has 6 heteroatoms. The number of carbonyl (C=O) groups excluding carboxylic acids is 2. The van der Waals surface area contributed by atoms with E-state index in [1.807, 2.05) is 55.5 Å². The molecule has 0 spiro atoms. The van der Waals surface area contributed by atoms with Gasteiger partial charge in [0.2, 0.25) is 5.91 Å². The average molecular weight is 348 g/mol. The first kappa shape index (κ1) is 17.4. The number of aromatic nitrogens is 1. The molecular formula is C20H20N4O2. The van der Waals surface area contributed by atoms with Crippen LogP contribution in [0.1, 0.15) is 12.0 Å². The highest BCUT2D eigenvalue weighted by Gasteiger charge is 2.07. The summed E-state index contributed by atoms with van der Waals surface area (Å²) in [7, 11) is 0. The number of aryl methyl sites for hydroxylation is 1. The molecule has 0 atom stereocenters. The summed E-state index contributed by atoms with van der Waals surface area (Å²) in [5.41, 5.74) is 1.75. The summed E-state index contributed by atoms with van der Waals surface area (Å²) in [4.78, 5) is 28.1. The predicted molar refractivity (Wildman–Crippen MR) is 103 cm³/mol. The zero-order valence-electron chi connectivity index (χ0n) is 14.5. The van der Waals surface area contributed by atoms with Gasteiger partial charge in [-0.25, -0.2) is 9.78 Å². The summed E-state index contributed by atoms with van der Waals surface area (Å²) in [6.45, 7) is 2.16. The molecule has 132 valence electrons. The molecule has 0 bridgehead atoms. The van der Waals surface area contributed by atoms with Gasteiger partial charge >= 0.3 is 6.03 Å². The Morgan fingerprint density at radius 3 is 2.58 bits per heavy atom. The Kier molecular flexibility index (Phi) is 5.43. The van der Waals surface area contributed by atoms with Crippen molar-refractivity contribution in [3.05, 3.63) is 66.4 Å². The van der Waals surface area contributed by atoms with E-state index in [4.69, 9.17) is 0 Å². The summed E-state index contributed by atoms with van der Waals surface area (Å²) < 4.78 is 0. The van der Waals surface area contributed by atoms with Crippen molar-refractivity contribution in [2.45, 2.75) is 13.3 Å². The third-order valence-corrected chi connectivity index (χ3v) is 3.85. The Bertz CT molecular complexity index is 917. The summed E-state index contributed by atoms with van der Waals surface area (Å²) in [6, 6.07) is 16.8. The molecule has 6 nitrogen and oxygen atoms in total. The smallest absolute Gasteiger partial charge is 0.319 e. The number of nitrogens with one attached hydrogen (secondary N) is 3. The topological polar surface area (TPSA) is 83.1 Å². The minimum Gasteiger partial charge on any atom is -0.337 e. The van der Waals surface area contributed by atoms with Crippen molar-refractivity contribution in [2.24, 2.45) is 0 Å². The van der Waals surface area contributed by atoms with E-state index in [2.05, 4.69) is 20.9 Å². The van der Waals surface area contributed by atoms with Gasteiger partial charge in [-0.2, -0.15) is 0 Å². The van der Waals surface area contributed by atoms with Crippen molar-refractivity contribution in [1.82, 2.24) is 10.3 Å². The van der Waals surface area contributed by atoms with E-state index in [9.17, 15) is 9.59 Å². The Labute approximate surface area is 151 Å². The third-order valence-electron chi connectivity index (χ3n) is 3.85. The van der Waals surface area contributed by atoms with Crippen molar-refractivity contribution in [1.29, 1.82) is 0 Å². The molecule has 0 saturated carbocycles. The number of fused-ring (bicyclic) bond motifs is 1. The van der Waals surface area contributed by atoms with Crippen LogP contribution >= 0.6 is 0 Å². The van der Waals surface area contributed by atoms with Gasteiger partial charge in [-0.05, 0) is 30.0 Å². The van der Waals surface area contributed by atoms with Crippen LogP contribution in [0.25, 0.3) is 10.8 Å². The molecule has 0 aliphatic heterocycles. The lowest BCUT2D eigenvalue weighted by Gasteiger charge is -2.10. The molecule has 1 heterocycles. The highest BCUT2D eigenvalue weighted by atomic mass is 16.2. The maximum Gasteiger partial charge on any atom is 0.319 e. The first-order valence-corrected chi connectivity index (χ1v) is 8.37. The number of hydrogen-bond donors (Lipinski definition) is 3. The Morgan fingerprint density at radius 2 is 1.77 bits per heavy atom. The number of hydrogen-bond acceptors (Lipinski definition) is 3. The van der Waals surface area contributed by atoms with E-state index in [0.29, 0.717) is 5.82 Å². The fourth-order valence-corrected chi connectivity index (χ4v) is 2.54. The number of nitrogens with zero attached hydrogens (tertiary/aromatic N) is 1. The number of anilines is 2. The molecule has 3 N–H and O–H groups in total. The van der Waals surface area contributed by atoms with Crippen LogP contribution < -0.4 is 16.0 Å². The largest absolute Gasteiger partial charge is 0.337 e. The van der Waals surface area contributed by atoms with Crippen LogP contribution in [-0.4, -0.2) is 23.5 Å². The van der Waals surface area contributed by atoms with Gasteiger partial charge in [0, 0.05) is 24.5 Å². The van der Waals surface area contributed by atoms with Crippen molar-refractivity contribution >= 4 is 34.2 Å². The van der Waals surface area contributed by atoms with Crippen LogP contribution in [0.4, 0.5) is 16.3 Å². The molecule has 0 unspecified atom stereocenters. The molecule has 0 fully saturated rings. The summed E-state index contributed by atoms with van der Waals surface area (Å²) >= 11 is 0. The highest BCUT2D eigenvalue weighted by Crippen LogP contribution is 2.22. The zero-order valence-corrected chi connectivity index (χ0v) is 14.5. The van der Waals surface area contributed by atoms with E-state index in [1.165, 1.54) is 0 Å². The van der Waals surface area contributed by atoms with E-state index >= 15 is 0 Å². The van der Waals surface area contributed by atoms with Gasteiger partial charge < -0.3 is 16.0 Å². The normalized spacial score (nSPS) is 10.3. The van der Waals surface area contributed by atoms with Crippen LogP contribution in [0.5, 0.6) is 0 Å². The van der Waals surface area contributed by atoms with Gasteiger partial charge in [0.15, 0.2) is 0 Å². The molecule has 0 saturated heterocycles. The lowest BCUT2D eigenvalue weighted by Crippen LogP contribution is -2.31. The number of benzene rings is 2. The van der Waals surface area contributed by atoms with Gasteiger partial charge in [-0.1, -0.05) is 42.5 Å². The standard InChI is InChI=1S/C20H20N4O2/c1-14-9-10-18(22-13-14)24-19(25)11-12-21-20(26)23-17-8-4-6-15-5-2-3-7-16(15)17/h2-10,13H,11-12H2,1H3,(H2,21,23,26)(H,22,24,25). The fraction of sp³-hybridized carbons (Fsp3) is 0.150. The second-order valence-corrected chi connectivity index (χ2v) is 5.93. The minimum atomic E-state index is -0.345. The molecule has 3 aromatic rings. The van der Waals surface area contributed by atoms with Gasteiger partial charge in [0.05, 0.1) is 5.69 Å². The lowest BCUT2D eigenvalue weighted by atomic mass is 10.1. The SMILES string of the molecule is Cc1ccc(NC(=O)CCNC(=O)Nc2cccc3ccccc23)nc1. The van der Waals surface area contributed by atoms with E-state index in [-0.39, 0.29) is 24.9 Å². The maximum absolute atomic E-state index is 12.1. The van der Waals surface area contributed by atoms with Crippen LogP contribution in [0.15, 0.2) is 60.8 Å². The molecular weight excluding hydrogens is 328 g/mol. The van der Waals surface area contributed by atoms with Gasteiger partial charge in [0.25, 0.3) is 0 Å². The van der Waals surface area contributed by atoms with Crippen molar-refractivity contribution in [2.75, 3.05) is 17.2 Å². The Balaban J connectivity index is 1.48. The zero-order chi connectivity index (χ0) is 18.4. The second kappa shape index (κ2) is 8.11. The van der Waals surface area contributed by atoms with Crippen LogP contribution in [-0.2, 0) is 4.79 Å². The second-order valence-electron chi connectivity index (χ2n) is 5.93. The van der Waals surface area contributed by atoms with Crippen molar-refractivity contribution < 1.29 is 9.59 Å². The molecule has 3 amide bonds. The van der Waals surface area contributed by atoms with E-state index in [0.717, 1.165) is 22.0 Å². The highest BCUT2D eigenvalue weighted by molar-refractivity contribution is 6.01. The van der Waals surface area contributed by atoms with Gasteiger partial charge in [0.1, 0.15) is 5.82 Å². The van der Waals surface area contributed by atoms with Crippen molar-refractivity contribution in [3.63, 3.8) is 0 Å². The Hall–Kier alpha value is -3.41. The van der Waals surface area contributed by atoms with E-state index in [1.54, 1.807) is 12.3 Å².